The second-order valence-electron chi connectivity index (χ2n) is 5.07. The van der Waals surface area contributed by atoms with Crippen molar-refractivity contribution in [3.8, 4) is 5.75 Å². The summed E-state index contributed by atoms with van der Waals surface area (Å²) in [6, 6.07) is 11.9. The van der Waals surface area contributed by atoms with Gasteiger partial charge in [-0.05, 0) is 37.3 Å². The van der Waals surface area contributed by atoms with Crippen LogP contribution in [0, 0.1) is 11.6 Å². The van der Waals surface area contributed by atoms with Gasteiger partial charge in [-0.1, -0.05) is 18.2 Å². The fourth-order valence-corrected chi connectivity index (χ4v) is 2.03. The van der Waals surface area contributed by atoms with E-state index in [1.54, 1.807) is 18.2 Å². The molecule has 0 aliphatic carbocycles. The minimum atomic E-state index is -0.751. The summed E-state index contributed by atoms with van der Waals surface area (Å²) in [4.78, 5) is 0. The summed E-state index contributed by atoms with van der Waals surface area (Å²) in [5, 5.41) is 12.9. The Labute approximate surface area is 128 Å². The van der Waals surface area contributed by atoms with Crippen LogP contribution < -0.4 is 10.1 Å². The Morgan fingerprint density at radius 1 is 1.09 bits per heavy atom. The Hall–Kier alpha value is -1.98. The molecule has 2 unspecified atom stereocenters. The molecular formula is C17H19F2NO2. The minimum Gasteiger partial charge on any atom is -0.491 e. The van der Waals surface area contributed by atoms with Gasteiger partial charge in [-0.15, -0.1) is 0 Å². The molecule has 2 N–H and O–H groups in total. The molecule has 0 radical (unpaired) electrons. The Kier molecular flexibility index (Phi) is 5.86. The summed E-state index contributed by atoms with van der Waals surface area (Å²) >= 11 is 0. The maximum Gasteiger partial charge on any atom is 0.127 e. The van der Waals surface area contributed by atoms with Crippen molar-refractivity contribution in [1.82, 2.24) is 5.32 Å². The molecule has 118 valence electrons. The summed E-state index contributed by atoms with van der Waals surface area (Å²) < 4.78 is 31.7. The standard InChI is InChI=1S/C17H19F2NO2/c1-12(16-4-2-3-5-17(16)19)20-10-14(21)11-22-15-8-6-13(18)7-9-15/h2-9,12,14,20-21H,10-11H2,1H3. The smallest absolute Gasteiger partial charge is 0.127 e. The van der Waals surface area contributed by atoms with Gasteiger partial charge in [-0.25, -0.2) is 8.78 Å². The molecule has 0 aliphatic heterocycles. The first-order chi connectivity index (χ1) is 10.6. The highest BCUT2D eigenvalue weighted by Gasteiger charge is 2.12. The Morgan fingerprint density at radius 3 is 2.45 bits per heavy atom. The predicted molar refractivity (Wildman–Crippen MR) is 80.7 cm³/mol. The van der Waals surface area contributed by atoms with Crippen molar-refractivity contribution in [2.45, 2.75) is 19.1 Å². The maximum atomic E-state index is 13.6. The molecule has 0 aliphatic rings. The Bertz CT molecular complexity index is 589. The number of nitrogens with one attached hydrogen (secondary N) is 1. The van der Waals surface area contributed by atoms with Crippen LogP contribution in [0.1, 0.15) is 18.5 Å². The number of aliphatic hydroxyl groups excluding tert-OH is 1. The van der Waals surface area contributed by atoms with E-state index in [2.05, 4.69) is 5.32 Å². The van der Waals surface area contributed by atoms with Crippen molar-refractivity contribution in [1.29, 1.82) is 0 Å². The summed E-state index contributed by atoms with van der Waals surface area (Å²) in [5.74, 6) is -0.129. The van der Waals surface area contributed by atoms with Gasteiger partial charge in [0.05, 0.1) is 0 Å². The maximum absolute atomic E-state index is 13.6. The van der Waals surface area contributed by atoms with Crippen LogP contribution in [0.2, 0.25) is 0 Å². The first kappa shape index (κ1) is 16.4. The van der Waals surface area contributed by atoms with E-state index in [0.29, 0.717) is 11.3 Å². The first-order valence-electron chi connectivity index (χ1n) is 7.10. The van der Waals surface area contributed by atoms with E-state index in [4.69, 9.17) is 4.74 Å². The third-order valence-corrected chi connectivity index (χ3v) is 3.29. The molecule has 2 atom stereocenters. The zero-order chi connectivity index (χ0) is 15.9. The van der Waals surface area contributed by atoms with Crippen LogP contribution >= 0.6 is 0 Å². The zero-order valence-electron chi connectivity index (χ0n) is 12.3. The van der Waals surface area contributed by atoms with E-state index >= 15 is 0 Å². The van der Waals surface area contributed by atoms with Crippen LogP contribution in [0.4, 0.5) is 8.78 Å². The van der Waals surface area contributed by atoms with E-state index in [1.165, 1.54) is 30.3 Å². The molecule has 2 rings (SSSR count). The third kappa shape index (κ3) is 4.79. The highest BCUT2D eigenvalue weighted by molar-refractivity contribution is 5.22. The summed E-state index contributed by atoms with van der Waals surface area (Å²) in [6.07, 6.45) is -0.751. The molecule has 0 bridgehead atoms. The minimum absolute atomic E-state index is 0.0720. The fourth-order valence-electron chi connectivity index (χ4n) is 2.03. The Balaban J connectivity index is 1.76. The van der Waals surface area contributed by atoms with E-state index in [-0.39, 0.29) is 30.8 Å². The molecule has 22 heavy (non-hydrogen) atoms. The lowest BCUT2D eigenvalue weighted by molar-refractivity contribution is 0.104. The molecule has 0 saturated heterocycles. The van der Waals surface area contributed by atoms with Gasteiger partial charge in [0.15, 0.2) is 0 Å². The first-order valence-corrected chi connectivity index (χ1v) is 7.10. The molecule has 3 nitrogen and oxygen atoms in total. The number of ether oxygens (including phenoxy) is 1. The summed E-state index contributed by atoms with van der Waals surface area (Å²) in [6.45, 7) is 2.16. The van der Waals surface area contributed by atoms with E-state index in [0.717, 1.165) is 0 Å². The van der Waals surface area contributed by atoms with Gasteiger partial charge in [0.1, 0.15) is 30.1 Å². The van der Waals surface area contributed by atoms with Crippen molar-refractivity contribution < 1.29 is 18.6 Å². The lowest BCUT2D eigenvalue weighted by atomic mass is 10.1. The molecule has 0 fully saturated rings. The zero-order valence-corrected chi connectivity index (χ0v) is 12.3. The number of rotatable bonds is 7. The Morgan fingerprint density at radius 2 is 1.77 bits per heavy atom. The van der Waals surface area contributed by atoms with Gasteiger partial charge < -0.3 is 15.2 Å². The number of halogens is 2. The average molecular weight is 307 g/mol. The lowest BCUT2D eigenvalue weighted by Crippen LogP contribution is -2.33. The predicted octanol–water partition coefficient (Wildman–Crippen LogP) is 3.06. The second kappa shape index (κ2) is 7.87. The molecule has 0 spiro atoms. The van der Waals surface area contributed by atoms with E-state index in [1.807, 2.05) is 6.92 Å². The summed E-state index contributed by atoms with van der Waals surface area (Å²) in [7, 11) is 0. The van der Waals surface area contributed by atoms with Crippen LogP contribution in [0.25, 0.3) is 0 Å². The number of benzene rings is 2. The van der Waals surface area contributed by atoms with Crippen molar-refractivity contribution in [3.63, 3.8) is 0 Å². The number of hydrogen-bond donors (Lipinski definition) is 2. The largest absolute Gasteiger partial charge is 0.491 e. The molecule has 0 heterocycles. The van der Waals surface area contributed by atoms with E-state index < -0.39 is 6.10 Å². The fraction of sp³-hybridized carbons (Fsp3) is 0.294. The van der Waals surface area contributed by atoms with Gasteiger partial charge in [0.2, 0.25) is 0 Å². The lowest BCUT2D eigenvalue weighted by Gasteiger charge is -2.18. The second-order valence-corrected chi connectivity index (χ2v) is 5.07. The SMILES string of the molecule is CC(NCC(O)COc1ccc(F)cc1)c1ccccc1F. The van der Waals surface area contributed by atoms with Crippen molar-refractivity contribution in [2.75, 3.05) is 13.2 Å². The average Bonchev–Trinajstić information content (AvgIpc) is 2.52. The molecular weight excluding hydrogens is 288 g/mol. The number of aliphatic hydroxyl groups is 1. The van der Waals surface area contributed by atoms with Crippen LogP contribution in [0.5, 0.6) is 5.75 Å². The van der Waals surface area contributed by atoms with Crippen LogP contribution in [0.15, 0.2) is 48.5 Å². The third-order valence-electron chi connectivity index (χ3n) is 3.29. The molecule has 2 aromatic carbocycles. The van der Waals surface area contributed by atoms with Crippen molar-refractivity contribution in [2.24, 2.45) is 0 Å². The normalized spacial score (nSPS) is 13.6. The van der Waals surface area contributed by atoms with Gasteiger partial charge in [-0.2, -0.15) is 0 Å². The highest BCUT2D eigenvalue weighted by Crippen LogP contribution is 2.16. The molecule has 0 saturated carbocycles. The molecule has 2 aromatic rings. The summed E-state index contributed by atoms with van der Waals surface area (Å²) in [5.41, 5.74) is 0.550. The monoisotopic (exact) mass is 307 g/mol. The van der Waals surface area contributed by atoms with Gasteiger partial charge in [-0.3, -0.25) is 0 Å². The molecule has 0 amide bonds. The van der Waals surface area contributed by atoms with Gasteiger partial charge in [0.25, 0.3) is 0 Å². The van der Waals surface area contributed by atoms with Crippen LogP contribution in [-0.4, -0.2) is 24.4 Å². The van der Waals surface area contributed by atoms with Crippen LogP contribution in [0.3, 0.4) is 0 Å². The van der Waals surface area contributed by atoms with Crippen molar-refractivity contribution in [3.05, 3.63) is 65.7 Å². The topological polar surface area (TPSA) is 41.5 Å². The highest BCUT2D eigenvalue weighted by atomic mass is 19.1. The van der Waals surface area contributed by atoms with Gasteiger partial charge in [0, 0.05) is 18.2 Å². The molecule has 0 aromatic heterocycles. The van der Waals surface area contributed by atoms with E-state index in [9.17, 15) is 13.9 Å². The quantitative estimate of drug-likeness (QED) is 0.826. The number of hydrogen-bond acceptors (Lipinski definition) is 3. The van der Waals surface area contributed by atoms with Crippen LogP contribution in [-0.2, 0) is 0 Å². The molecule has 5 heteroatoms. The van der Waals surface area contributed by atoms with Gasteiger partial charge >= 0.3 is 0 Å². The van der Waals surface area contributed by atoms with Crippen molar-refractivity contribution >= 4 is 0 Å².